The molecule has 0 fully saturated rings. The molecule has 13 nitrogen and oxygen atoms in total. The minimum atomic E-state index is -1.35. The summed E-state index contributed by atoms with van der Waals surface area (Å²) in [5.74, 6) is -4.56. The molecule has 1 aromatic rings. The van der Waals surface area contributed by atoms with Crippen molar-refractivity contribution in [1.29, 1.82) is 0 Å². The maximum atomic E-state index is 12.9. The Hall–Kier alpha value is -3.71. The van der Waals surface area contributed by atoms with Crippen LogP contribution in [0.1, 0.15) is 25.3 Å². The Morgan fingerprint density at radius 2 is 1.55 bits per heavy atom. The zero-order valence-electron chi connectivity index (χ0n) is 18.0. The molecule has 0 radical (unpaired) electrons. The first-order valence-electron chi connectivity index (χ1n) is 10.0. The van der Waals surface area contributed by atoms with Crippen LogP contribution in [0, 0.1) is 0 Å². The summed E-state index contributed by atoms with van der Waals surface area (Å²) in [6.07, 6.45) is -1.76. The van der Waals surface area contributed by atoms with Gasteiger partial charge in [-0.25, -0.2) is 0 Å². The zero-order valence-corrected chi connectivity index (χ0v) is 18.0. The molecule has 0 bridgehead atoms. The molecule has 33 heavy (non-hydrogen) atoms. The number of aromatic hydroxyl groups is 1. The lowest BCUT2D eigenvalue weighted by Gasteiger charge is -2.24. The van der Waals surface area contributed by atoms with Gasteiger partial charge in [0.05, 0.1) is 6.10 Å². The van der Waals surface area contributed by atoms with E-state index in [9.17, 15) is 34.2 Å². The van der Waals surface area contributed by atoms with Crippen molar-refractivity contribution in [3.63, 3.8) is 0 Å². The summed E-state index contributed by atoms with van der Waals surface area (Å²) >= 11 is 0. The molecule has 0 aliphatic rings. The summed E-state index contributed by atoms with van der Waals surface area (Å²) in [5.41, 5.74) is 11.2. The first kappa shape index (κ1) is 27.3. The van der Waals surface area contributed by atoms with E-state index in [0.29, 0.717) is 5.56 Å². The monoisotopic (exact) mass is 467 g/mol. The van der Waals surface area contributed by atoms with Gasteiger partial charge in [0.1, 0.15) is 30.4 Å². The van der Waals surface area contributed by atoms with Gasteiger partial charge >= 0.3 is 5.97 Å². The Labute approximate surface area is 189 Å². The van der Waals surface area contributed by atoms with Crippen LogP contribution in [-0.4, -0.2) is 75.7 Å². The van der Waals surface area contributed by atoms with Crippen LogP contribution < -0.4 is 27.4 Å². The smallest absolute Gasteiger partial charge is 0.322 e. The first-order valence-corrected chi connectivity index (χ1v) is 10.0. The van der Waals surface area contributed by atoms with Gasteiger partial charge in [-0.05, 0) is 31.0 Å². The zero-order chi connectivity index (χ0) is 25.1. The number of benzene rings is 1. The number of carboxylic acid groups (broad SMARTS) is 1. The van der Waals surface area contributed by atoms with Crippen LogP contribution in [0.15, 0.2) is 24.3 Å². The van der Waals surface area contributed by atoms with Crippen LogP contribution in [0.25, 0.3) is 0 Å². The van der Waals surface area contributed by atoms with Crippen molar-refractivity contribution in [3.8, 4) is 5.75 Å². The second-order valence-corrected chi connectivity index (χ2v) is 7.38. The summed E-state index contributed by atoms with van der Waals surface area (Å²) in [7, 11) is 0. The third kappa shape index (κ3) is 9.97. The Morgan fingerprint density at radius 3 is 2.06 bits per heavy atom. The van der Waals surface area contributed by atoms with E-state index >= 15 is 0 Å². The number of rotatable bonds is 13. The lowest BCUT2D eigenvalue weighted by Crippen LogP contribution is -2.57. The van der Waals surface area contributed by atoms with Gasteiger partial charge in [0.15, 0.2) is 0 Å². The fraction of sp³-hybridized carbons (Fsp3) is 0.450. The molecule has 0 aliphatic carbocycles. The molecule has 4 amide bonds. The molecule has 4 unspecified atom stereocenters. The molecule has 0 saturated heterocycles. The molecule has 1 rings (SSSR count). The van der Waals surface area contributed by atoms with Gasteiger partial charge in [-0.3, -0.25) is 24.0 Å². The number of phenols is 1. The predicted molar refractivity (Wildman–Crippen MR) is 114 cm³/mol. The second-order valence-electron chi connectivity index (χ2n) is 7.38. The number of aliphatic carboxylic acids is 1. The quantitative estimate of drug-likeness (QED) is 0.148. The average Bonchev–Trinajstić information content (AvgIpc) is 2.74. The molecule has 0 heterocycles. The lowest BCUT2D eigenvalue weighted by molar-refractivity contribution is -0.138. The van der Waals surface area contributed by atoms with Crippen LogP contribution in [0.5, 0.6) is 5.75 Å². The SMILES string of the molecule is CC(O)C(N)C(=O)NC(CCC(N)=O)C(=O)NC(Cc1ccc(O)cc1)C(=O)NCC(=O)O. The van der Waals surface area contributed by atoms with Crippen LogP contribution in [0.4, 0.5) is 0 Å². The number of primary amides is 1. The van der Waals surface area contributed by atoms with E-state index in [1.807, 2.05) is 0 Å². The summed E-state index contributed by atoms with van der Waals surface area (Å²) in [4.78, 5) is 59.5. The number of carbonyl (C=O) groups excluding carboxylic acids is 4. The number of amides is 4. The topological polar surface area (TPSA) is 234 Å². The van der Waals surface area contributed by atoms with Crippen LogP contribution in [-0.2, 0) is 30.4 Å². The maximum absolute atomic E-state index is 12.9. The molecule has 0 aliphatic heterocycles. The van der Waals surface area contributed by atoms with Crippen molar-refractivity contribution in [2.75, 3.05) is 6.54 Å². The van der Waals surface area contributed by atoms with Gasteiger partial charge in [-0.1, -0.05) is 12.1 Å². The molecule has 1 aromatic carbocycles. The van der Waals surface area contributed by atoms with E-state index in [1.54, 1.807) is 0 Å². The lowest BCUT2D eigenvalue weighted by atomic mass is 10.0. The maximum Gasteiger partial charge on any atom is 0.322 e. The van der Waals surface area contributed by atoms with E-state index in [1.165, 1.54) is 31.2 Å². The number of nitrogens with two attached hydrogens (primary N) is 2. The largest absolute Gasteiger partial charge is 0.508 e. The van der Waals surface area contributed by atoms with E-state index in [4.69, 9.17) is 16.6 Å². The highest BCUT2D eigenvalue weighted by Crippen LogP contribution is 2.12. The standard InChI is InChI=1S/C20H29N5O8/c1-10(26)17(22)20(33)24-13(6-7-15(21)28)19(32)25-14(18(31)23-9-16(29)30)8-11-2-4-12(27)5-3-11/h2-5,10,13-14,17,26-27H,6-9,22H2,1H3,(H2,21,28)(H,23,31)(H,24,33)(H,25,32)(H,29,30). The predicted octanol–water partition coefficient (Wildman–Crippen LogP) is -2.92. The number of nitrogens with one attached hydrogen (secondary N) is 3. The minimum absolute atomic E-state index is 0.0154. The molecule has 10 N–H and O–H groups in total. The third-order valence-electron chi connectivity index (χ3n) is 4.56. The highest BCUT2D eigenvalue weighted by molar-refractivity contribution is 5.94. The van der Waals surface area contributed by atoms with Gasteiger partial charge in [-0.2, -0.15) is 0 Å². The second kappa shape index (κ2) is 13.0. The van der Waals surface area contributed by atoms with Gasteiger partial charge in [0.2, 0.25) is 23.6 Å². The summed E-state index contributed by atoms with van der Waals surface area (Å²) in [5, 5.41) is 34.6. The molecule has 182 valence electrons. The summed E-state index contributed by atoms with van der Waals surface area (Å²) in [6.45, 7) is 0.592. The number of aliphatic hydroxyl groups is 1. The number of phenolic OH excluding ortho intramolecular Hbond substituents is 1. The summed E-state index contributed by atoms with van der Waals surface area (Å²) in [6, 6.07) is 1.85. The molecule has 0 saturated carbocycles. The fourth-order valence-corrected chi connectivity index (χ4v) is 2.68. The Balaban J connectivity index is 3.05. The van der Waals surface area contributed by atoms with Gasteiger partial charge in [-0.15, -0.1) is 0 Å². The number of carbonyl (C=O) groups is 5. The van der Waals surface area contributed by atoms with Crippen LogP contribution in [0.2, 0.25) is 0 Å². The number of carboxylic acids is 1. The van der Waals surface area contributed by atoms with E-state index in [-0.39, 0.29) is 25.0 Å². The van der Waals surface area contributed by atoms with Crippen LogP contribution >= 0.6 is 0 Å². The highest BCUT2D eigenvalue weighted by Gasteiger charge is 2.29. The van der Waals surface area contributed by atoms with E-state index in [2.05, 4.69) is 16.0 Å². The number of hydrogen-bond acceptors (Lipinski definition) is 8. The first-order chi connectivity index (χ1) is 15.4. The Morgan fingerprint density at radius 1 is 0.970 bits per heavy atom. The Kier molecular flexibility index (Phi) is 10.7. The highest BCUT2D eigenvalue weighted by atomic mass is 16.4. The molecular weight excluding hydrogens is 438 g/mol. The van der Waals surface area contributed by atoms with Crippen LogP contribution in [0.3, 0.4) is 0 Å². The minimum Gasteiger partial charge on any atom is -0.508 e. The van der Waals surface area contributed by atoms with Gasteiger partial charge in [0, 0.05) is 12.8 Å². The molecule has 0 aromatic heterocycles. The van der Waals surface area contributed by atoms with Crippen molar-refractivity contribution < 1.29 is 39.3 Å². The average molecular weight is 467 g/mol. The molecular formula is C20H29N5O8. The number of aliphatic hydroxyl groups excluding tert-OH is 1. The van der Waals surface area contributed by atoms with Gasteiger partial charge < -0.3 is 42.7 Å². The normalized spacial score (nSPS) is 14.3. The van der Waals surface area contributed by atoms with Crippen molar-refractivity contribution in [3.05, 3.63) is 29.8 Å². The van der Waals surface area contributed by atoms with Crippen molar-refractivity contribution in [2.45, 2.75) is 50.4 Å². The molecule has 13 heteroatoms. The third-order valence-corrected chi connectivity index (χ3v) is 4.56. The van der Waals surface area contributed by atoms with Gasteiger partial charge in [0.25, 0.3) is 0 Å². The van der Waals surface area contributed by atoms with Crippen molar-refractivity contribution >= 4 is 29.6 Å². The Bertz CT molecular complexity index is 859. The van der Waals surface area contributed by atoms with Crippen molar-refractivity contribution in [2.24, 2.45) is 11.5 Å². The summed E-state index contributed by atoms with van der Waals surface area (Å²) < 4.78 is 0. The molecule has 4 atom stereocenters. The fourth-order valence-electron chi connectivity index (χ4n) is 2.68. The molecule has 0 spiro atoms. The number of hydrogen-bond donors (Lipinski definition) is 8. The van der Waals surface area contributed by atoms with E-state index in [0.717, 1.165) is 0 Å². The van der Waals surface area contributed by atoms with E-state index < -0.39 is 60.4 Å². The van der Waals surface area contributed by atoms with Crippen molar-refractivity contribution in [1.82, 2.24) is 16.0 Å².